The first-order valence-electron chi connectivity index (χ1n) is 7.81. The zero-order valence-electron chi connectivity index (χ0n) is 13.8. The molecule has 1 fully saturated rings. The van der Waals surface area contributed by atoms with Crippen LogP contribution in [0.15, 0.2) is 24.3 Å². The maximum atomic E-state index is 12.5. The molecule has 0 unspecified atom stereocenters. The summed E-state index contributed by atoms with van der Waals surface area (Å²) >= 11 is 0. The van der Waals surface area contributed by atoms with Gasteiger partial charge < -0.3 is 24.8 Å². The molecule has 1 heterocycles. The molecule has 1 aromatic carbocycles. The summed E-state index contributed by atoms with van der Waals surface area (Å²) in [5.41, 5.74) is -0.770. The van der Waals surface area contributed by atoms with Gasteiger partial charge in [-0.25, -0.2) is 0 Å². The first kappa shape index (κ1) is 19.5. The van der Waals surface area contributed by atoms with E-state index in [9.17, 15) is 23.1 Å². The third kappa shape index (κ3) is 5.87. The molecule has 0 aliphatic carbocycles. The molecule has 140 valence electrons. The number of halogens is 3. The van der Waals surface area contributed by atoms with Crippen molar-refractivity contribution >= 4 is 5.91 Å². The molecule has 0 spiro atoms. The summed E-state index contributed by atoms with van der Waals surface area (Å²) in [4.78, 5) is 13.5. The summed E-state index contributed by atoms with van der Waals surface area (Å²) < 4.78 is 47.9. The lowest BCUT2D eigenvalue weighted by atomic mass is 10.2. The largest absolute Gasteiger partial charge is 0.491 e. The van der Waals surface area contributed by atoms with E-state index in [1.54, 1.807) is 7.05 Å². The second kappa shape index (κ2) is 8.50. The van der Waals surface area contributed by atoms with Gasteiger partial charge in [-0.3, -0.25) is 4.79 Å². The van der Waals surface area contributed by atoms with Crippen molar-refractivity contribution in [1.82, 2.24) is 10.2 Å². The van der Waals surface area contributed by atoms with Gasteiger partial charge in [-0.2, -0.15) is 13.2 Å². The van der Waals surface area contributed by atoms with E-state index in [2.05, 4.69) is 5.32 Å². The Hall–Kier alpha value is -1.84. The second-order valence-corrected chi connectivity index (χ2v) is 5.79. The van der Waals surface area contributed by atoms with Crippen molar-refractivity contribution in [3.8, 4) is 5.75 Å². The first-order chi connectivity index (χ1) is 11.8. The summed E-state index contributed by atoms with van der Waals surface area (Å²) in [7, 11) is 1.56. The summed E-state index contributed by atoms with van der Waals surface area (Å²) in [5.74, 6) is 0.0108. The molecule has 1 saturated heterocycles. The molecule has 0 saturated carbocycles. The van der Waals surface area contributed by atoms with Gasteiger partial charge in [0.2, 0.25) is 5.91 Å². The van der Waals surface area contributed by atoms with Gasteiger partial charge in [0.05, 0.1) is 18.8 Å². The predicted molar refractivity (Wildman–Crippen MR) is 83.2 cm³/mol. The average molecular weight is 362 g/mol. The number of alkyl halides is 3. The van der Waals surface area contributed by atoms with Crippen LogP contribution in [0.3, 0.4) is 0 Å². The number of amides is 1. The van der Waals surface area contributed by atoms with Crippen molar-refractivity contribution in [2.24, 2.45) is 0 Å². The highest BCUT2D eigenvalue weighted by atomic mass is 19.4. The minimum absolute atomic E-state index is 0.0393. The summed E-state index contributed by atoms with van der Waals surface area (Å²) in [6, 6.07) is 3.75. The van der Waals surface area contributed by atoms with Gasteiger partial charge in [-0.15, -0.1) is 0 Å². The van der Waals surface area contributed by atoms with E-state index in [1.165, 1.54) is 17.0 Å². The number of carbonyl (C=O) groups excluding carboxylic acids is 1. The third-order valence-corrected chi connectivity index (χ3v) is 3.70. The Kier molecular flexibility index (Phi) is 6.63. The molecule has 0 aromatic heterocycles. The van der Waals surface area contributed by atoms with Crippen LogP contribution in [0.4, 0.5) is 13.2 Å². The highest BCUT2D eigenvalue weighted by Crippen LogP contribution is 2.30. The number of nitrogens with one attached hydrogen (secondary N) is 1. The van der Waals surface area contributed by atoms with E-state index in [0.29, 0.717) is 13.2 Å². The topological polar surface area (TPSA) is 71.0 Å². The van der Waals surface area contributed by atoms with E-state index in [1.807, 2.05) is 0 Å². The number of carbonyl (C=O) groups is 1. The first-order valence-corrected chi connectivity index (χ1v) is 7.81. The van der Waals surface area contributed by atoms with Crippen LogP contribution in [0.5, 0.6) is 5.75 Å². The van der Waals surface area contributed by atoms with Gasteiger partial charge in [-0.05, 0) is 24.3 Å². The van der Waals surface area contributed by atoms with Crippen LogP contribution in [0.25, 0.3) is 0 Å². The Morgan fingerprint density at radius 1 is 1.44 bits per heavy atom. The predicted octanol–water partition coefficient (Wildman–Crippen LogP) is 0.892. The van der Waals surface area contributed by atoms with E-state index in [4.69, 9.17) is 9.47 Å². The SMILES string of the molecule is CN(C[C@@H](O)COc1ccc(C(F)(F)F)cc1)C(=O)[C@H]1COCCN1. The Morgan fingerprint density at radius 2 is 2.12 bits per heavy atom. The van der Waals surface area contributed by atoms with Crippen molar-refractivity contribution in [3.63, 3.8) is 0 Å². The van der Waals surface area contributed by atoms with Crippen molar-refractivity contribution in [2.45, 2.75) is 18.3 Å². The number of aliphatic hydroxyl groups is 1. The molecule has 1 aromatic rings. The minimum atomic E-state index is -4.40. The summed E-state index contributed by atoms with van der Waals surface area (Å²) in [6.45, 7) is 1.32. The number of hydrogen-bond acceptors (Lipinski definition) is 5. The molecule has 1 amide bonds. The Balaban J connectivity index is 1.77. The van der Waals surface area contributed by atoms with Crippen LogP contribution in [-0.4, -0.2) is 68.0 Å². The number of ether oxygens (including phenoxy) is 2. The van der Waals surface area contributed by atoms with E-state index >= 15 is 0 Å². The highest BCUT2D eigenvalue weighted by molar-refractivity contribution is 5.81. The zero-order valence-corrected chi connectivity index (χ0v) is 13.8. The lowest BCUT2D eigenvalue weighted by Crippen LogP contribution is -2.53. The van der Waals surface area contributed by atoms with Crippen LogP contribution in [-0.2, 0) is 15.7 Å². The molecule has 0 radical (unpaired) electrons. The van der Waals surface area contributed by atoms with E-state index < -0.39 is 23.9 Å². The smallest absolute Gasteiger partial charge is 0.416 e. The lowest BCUT2D eigenvalue weighted by Gasteiger charge is -2.28. The molecule has 2 rings (SSSR count). The van der Waals surface area contributed by atoms with Gasteiger partial charge in [0, 0.05) is 20.1 Å². The van der Waals surface area contributed by atoms with Crippen molar-refractivity contribution in [2.75, 3.05) is 40.0 Å². The Morgan fingerprint density at radius 3 is 2.68 bits per heavy atom. The molecule has 6 nitrogen and oxygen atoms in total. The van der Waals surface area contributed by atoms with Crippen molar-refractivity contribution in [3.05, 3.63) is 29.8 Å². The zero-order chi connectivity index (χ0) is 18.4. The van der Waals surface area contributed by atoms with Crippen LogP contribution in [0, 0.1) is 0 Å². The monoisotopic (exact) mass is 362 g/mol. The quantitative estimate of drug-likeness (QED) is 0.787. The number of morpholine rings is 1. The van der Waals surface area contributed by atoms with Gasteiger partial charge in [-0.1, -0.05) is 0 Å². The molecule has 0 bridgehead atoms. The standard InChI is InChI=1S/C16H21F3N2O4/c1-21(15(23)14-10-24-7-6-20-14)8-12(22)9-25-13-4-2-11(3-5-13)16(17,18)19/h2-5,12,14,20,22H,6-10H2,1H3/t12-,14-/m1/s1. The number of rotatable bonds is 6. The normalized spacial score (nSPS) is 19.3. The maximum absolute atomic E-state index is 12.5. The Bertz CT molecular complexity index is 559. The number of aliphatic hydroxyl groups excluding tert-OH is 1. The van der Waals surface area contributed by atoms with Crippen LogP contribution < -0.4 is 10.1 Å². The summed E-state index contributed by atoms with van der Waals surface area (Å²) in [5, 5.41) is 13.0. The van der Waals surface area contributed by atoms with Crippen LogP contribution in [0.1, 0.15) is 5.56 Å². The molecule has 1 aliphatic heterocycles. The summed E-state index contributed by atoms with van der Waals surface area (Å²) in [6.07, 6.45) is -5.38. The molecule has 2 N–H and O–H groups in total. The number of nitrogens with zero attached hydrogens (tertiary/aromatic N) is 1. The average Bonchev–Trinajstić information content (AvgIpc) is 2.59. The lowest BCUT2D eigenvalue weighted by molar-refractivity contribution is -0.137. The van der Waals surface area contributed by atoms with Crippen LogP contribution >= 0.6 is 0 Å². The molecule has 9 heteroatoms. The van der Waals surface area contributed by atoms with Gasteiger partial charge in [0.25, 0.3) is 0 Å². The fraction of sp³-hybridized carbons (Fsp3) is 0.562. The fourth-order valence-electron chi connectivity index (χ4n) is 2.38. The molecule has 1 aliphatic rings. The fourth-order valence-corrected chi connectivity index (χ4v) is 2.38. The van der Waals surface area contributed by atoms with Gasteiger partial charge in [0.1, 0.15) is 24.5 Å². The minimum Gasteiger partial charge on any atom is -0.491 e. The molecule has 2 atom stereocenters. The number of hydrogen-bond donors (Lipinski definition) is 2. The highest BCUT2D eigenvalue weighted by Gasteiger charge is 2.30. The molecular weight excluding hydrogens is 341 g/mol. The third-order valence-electron chi connectivity index (χ3n) is 3.70. The van der Waals surface area contributed by atoms with Gasteiger partial charge >= 0.3 is 6.18 Å². The van der Waals surface area contributed by atoms with E-state index in [-0.39, 0.29) is 31.4 Å². The van der Waals surface area contributed by atoms with Crippen molar-refractivity contribution < 1.29 is 32.5 Å². The number of likely N-dealkylation sites (N-methyl/N-ethyl adjacent to an activating group) is 1. The Labute approximate surface area is 143 Å². The molecule has 25 heavy (non-hydrogen) atoms. The van der Waals surface area contributed by atoms with Crippen LogP contribution in [0.2, 0.25) is 0 Å². The van der Waals surface area contributed by atoms with E-state index in [0.717, 1.165) is 12.1 Å². The second-order valence-electron chi connectivity index (χ2n) is 5.79. The maximum Gasteiger partial charge on any atom is 0.416 e. The van der Waals surface area contributed by atoms with Crippen molar-refractivity contribution in [1.29, 1.82) is 0 Å². The number of benzene rings is 1. The molecular formula is C16H21F3N2O4. The van der Waals surface area contributed by atoms with Gasteiger partial charge in [0.15, 0.2) is 0 Å².